The van der Waals surface area contributed by atoms with Crippen LogP contribution in [0.1, 0.15) is 19.0 Å². The molecular formula is C14H26N4O. The van der Waals surface area contributed by atoms with Crippen LogP contribution in [0.4, 0.5) is 5.95 Å². The van der Waals surface area contributed by atoms with Crippen molar-refractivity contribution in [3.8, 4) is 0 Å². The number of aromatic nitrogens is 2. The smallest absolute Gasteiger partial charge is 0.203 e. The molecule has 1 unspecified atom stereocenters. The van der Waals surface area contributed by atoms with Gasteiger partial charge >= 0.3 is 0 Å². The maximum Gasteiger partial charge on any atom is 0.203 e. The second kappa shape index (κ2) is 6.91. The largest absolute Gasteiger partial charge is 0.383 e. The predicted octanol–water partition coefficient (Wildman–Crippen LogP) is 1.59. The van der Waals surface area contributed by atoms with Crippen molar-refractivity contribution in [2.24, 2.45) is 5.92 Å². The summed E-state index contributed by atoms with van der Waals surface area (Å²) >= 11 is 0. The van der Waals surface area contributed by atoms with Crippen LogP contribution < -0.4 is 5.32 Å². The lowest BCUT2D eigenvalue weighted by molar-refractivity contribution is 0.187. The molecule has 1 aromatic heterocycles. The zero-order valence-corrected chi connectivity index (χ0v) is 12.4. The van der Waals surface area contributed by atoms with Crippen molar-refractivity contribution in [2.75, 3.05) is 45.2 Å². The number of nitrogens with zero attached hydrogens (tertiary/aromatic N) is 3. The van der Waals surface area contributed by atoms with Crippen molar-refractivity contribution >= 4 is 5.95 Å². The molecule has 0 aromatic carbocycles. The number of imidazole rings is 1. The van der Waals surface area contributed by atoms with Crippen LogP contribution in [0.5, 0.6) is 0 Å². The first-order chi connectivity index (χ1) is 9.22. The summed E-state index contributed by atoms with van der Waals surface area (Å²) in [7, 11) is 1.73. The van der Waals surface area contributed by atoms with E-state index in [1.165, 1.54) is 19.5 Å². The van der Waals surface area contributed by atoms with Crippen LogP contribution in [0.2, 0.25) is 0 Å². The van der Waals surface area contributed by atoms with Crippen LogP contribution in [0.25, 0.3) is 0 Å². The minimum Gasteiger partial charge on any atom is -0.383 e. The van der Waals surface area contributed by atoms with Crippen molar-refractivity contribution in [1.29, 1.82) is 0 Å². The van der Waals surface area contributed by atoms with Gasteiger partial charge in [-0.2, -0.15) is 0 Å². The molecule has 0 saturated carbocycles. The zero-order chi connectivity index (χ0) is 13.7. The molecule has 0 amide bonds. The lowest BCUT2D eigenvalue weighted by Gasteiger charge is -2.14. The first kappa shape index (κ1) is 14.3. The average molecular weight is 266 g/mol. The Morgan fingerprint density at radius 1 is 1.53 bits per heavy atom. The summed E-state index contributed by atoms with van der Waals surface area (Å²) in [5.41, 5.74) is 1.06. The highest BCUT2D eigenvalue weighted by Crippen LogP contribution is 2.17. The van der Waals surface area contributed by atoms with E-state index in [1.807, 2.05) is 6.92 Å². The molecule has 1 fully saturated rings. The quantitative estimate of drug-likeness (QED) is 0.814. The van der Waals surface area contributed by atoms with Crippen LogP contribution in [0.3, 0.4) is 0 Å². The van der Waals surface area contributed by atoms with Gasteiger partial charge in [0.05, 0.1) is 12.3 Å². The molecule has 1 aliphatic rings. The monoisotopic (exact) mass is 266 g/mol. The topological polar surface area (TPSA) is 42.3 Å². The second-order valence-corrected chi connectivity index (χ2v) is 5.32. The molecule has 1 aliphatic heterocycles. The molecule has 1 N–H and O–H groups in total. The zero-order valence-electron chi connectivity index (χ0n) is 12.4. The number of hydrogen-bond donors (Lipinski definition) is 1. The van der Waals surface area contributed by atoms with Gasteiger partial charge in [-0.15, -0.1) is 0 Å². The van der Waals surface area contributed by atoms with E-state index in [9.17, 15) is 0 Å². The van der Waals surface area contributed by atoms with E-state index >= 15 is 0 Å². The number of ether oxygens (including phenoxy) is 1. The van der Waals surface area contributed by atoms with Gasteiger partial charge in [0, 0.05) is 32.9 Å². The highest BCUT2D eigenvalue weighted by molar-refractivity contribution is 5.28. The summed E-state index contributed by atoms with van der Waals surface area (Å²) in [6, 6.07) is 0. The third-order valence-electron chi connectivity index (χ3n) is 3.80. The van der Waals surface area contributed by atoms with Crippen LogP contribution in [0, 0.1) is 12.8 Å². The molecule has 2 rings (SSSR count). The predicted molar refractivity (Wildman–Crippen MR) is 77.6 cm³/mol. The van der Waals surface area contributed by atoms with Gasteiger partial charge < -0.3 is 19.5 Å². The minimum absolute atomic E-state index is 0.720. The number of methoxy groups -OCH3 is 1. The maximum atomic E-state index is 5.13. The molecule has 19 heavy (non-hydrogen) atoms. The SMILES string of the molecule is CCN1CCC(CNc2nc(C)cn2CCOC)C1. The van der Waals surface area contributed by atoms with Crippen LogP contribution in [-0.2, 0) is 11.3 Å². The Morgan fingerprint density at radius 3 is 3.05 bits per heavy atom. The molecule has 2 heterocycles. The number of likely N-dealkylation sites (tertiary alicyclic amines) is 1. The third-order valence-corrected chi connectivity index (χ3v) is 3.80. The molecule has 0 spiro atoms. The van der Waals surface area contributed by atoms with Gasteiger partial charge in [0.25, 0.3) is 0 Å². The fourth-order valence-electron chi connectivity index (χ4n) is 2.65. The van der Waals surface area contributed by atoms with Gasteiger partial charge in [-0.1, -0.05) is 6.92 Å². The van der Waals surface area contributed by atoms with E-state index in [0.717, 1.165) is 43.8 Å². The van der Waals surface area contributed by atoms with Gasteiger partial charge in [-0.25, -0.2) is 4.98 Å². The normalized spacial score (nSPS) is 20.1. The Morgan fingerprint density at radius 2 is 2.37 bits per heavy atom. The van der Waals surface area contributed by atoms with Gasteiger partial charge in [0.1, 0.15) is 0 Å². The molecule has 108 valence electrons. The van der Waals surface area contributed by atoms with E-state index in [-0.39, 0.29) is 0 Å². The van der Waals surface area contributed by atoms with Gasteiger partial charge in [-0.3, -0.25) is 0 Å². The summed E-state index contributed by atoms with van der Waals surface area (Å²) in [6.45, 7) is 10.5. The number of rotatable bonds is 7. The van der Waals surface area contributed by atoms with Crippen molar-refractivity contribution in [2.45, 2.75) is 26.8 Å². The highest BCUT2D eigenvalue weighted by atomic mass is 16.5. The fraction of sp³-hybridized carbons (Fsp3) is 0.786. The Hall–Kier alpha value is -1.07. The summed E-state index contributed by atoms with van der Waals surface area (Å²) < 4.78 is 7.28. The number of aryl methyl sites for hydroxylation is 1. The molecule has 0 radical (unpaired) electrons. The third kappa shape index (κ3) is 3.94. The summed E-state index contributed by atoms with van der Waals surface area (Å²) in [5, 5.41) is 3.50. The first-order valence-corrected chi connectivity index (χ1v) is 7.21. The Bertz CT molecular complexity index is 391. The molecule has 0 aliphatic carbocycles. The van der Waals surface area contributed by atoms with E-state index in [4.69, 9.17) is 4.74 Å². The summed E-state index contributed by atoms with van der Waals surface area (Å²) in [6.07, 6.45) is 3.37. The van der Waals surface area contributed by atoms with Crippen molar-refractivity contribution < 1.29 is 4.74 Å². The van der Waals surface area contributed by atoms with E-state index in [2.05, 4.69) is 32.9 Å². The van der Waals surface area contributed by atoms with Crippen molar-refractivity contribution in [1.82, 2.24) is 14.5 Å². The van der Waals surface area contributed by atoms with E-state index in [1.54, 1.807) is 7.11 Å². The molecule has 0 bridgehead atoms. The molecule has 5 heteroatoms. The van der Waals surface area contributed by atoms with Crippen molar-refractivity contribution in [3.05, 3.63) is 11.9 Å². The lowest BCUT2D eigenvalue weighted by atomic mass is 10.1. The second-order valence-electron chi connectivity index (χ2n) is 5.32. The molecule has 5 nitrogen and oxygen atoms in total. The average Bonchev–Trinajstić information content (AvgIpc) is 3.00. The molecular weight excluding hydrogens is 240 g/mol. The van der Waals surface area contributed by atoms with Crippen LogP contribution in [0.15, 0.2) is 6.20 Å². The van der Waals surface area contributed by atoms with Gasteiger partial charge in [-0.05, 0) is 32.4 Å². The fourth-order valence-corrected chi connectivity index (χ4v) is 2.65. The Kier molecular flexibility index (Phi) is 5.22. The van der Waals surface area contributed by atoms with E-state index < -0.39 is 0 Å². The summed E-state index contributed by atoms with van der Waals surface area (Å²) in [5.74, 6) is 1.72. The maximum absolute atomic E-state index is 5.13. The van der Waals surface area contributed by atoms with Gasteiger partial charge in [0.2, 0.25) is 5.95 Å². The number of hydrogen-bond acceptors (Lipinski definition) is 4. The van der Waals surface area contributed by atoms with E-state index in [0.29, 0.717) is 0 Å². The van der Waals surface area contributed by atoms with Crippen molar-refractivity contribution in [3.63, 3.8) is 0 Å². The van der Waals surface area contributed by atoms with Crippen LogP contribution >= 0.6 is 0 Å². The van der Waals surface area contributed by atoms with Gasteiger partial charge in [0.15, 0.2) is 0 Å². The minimum atomic E-state index is 0.720. The first-order valence-electron chi connectivity index (χ1n) is 7.21. The molecule has 1 atom stereocenters. The molecule has 1 aromatic rings. The van der Waals surface area contributed by atoms with Crippen LogP contribution in [-0.4, -0.2) is 54.3 Å². The lowest BCUT2D eigenvalue weighted by Crippen LogP contribution is -2.23. The standard InChI is InChI=1S/C14H26N4O/c1-4-17-6-5-13(11-17)9-15-14-16-12(2)10-18(14)7-8-19-3/h10,13H,4-9,11H2,1-3H3,(H,15,16). The highest BCUT2D eigenvalue weighted by Gasteiger charge is 2.21. The molecule has 1 saturated heterocycles. The number of anilines is 1. The number of nitrogens with one attached hydrogen (secondary N) is 1. The Balaban J connectivity index is 1.85. The Labute approximate surface area is 116 Å². The summed E-state index contributed by atoms with van der Waals surface area (Å²) in [4.78, 5) is 7.06.